The second-order valence-electron chi connectivity index (χ2n) is 5.91. The van der Waals surface area contributed by atoms with Crippen molar-refractivity contribution in [2.24, 2.45) is 5.41 Å². The first kappa shape index (κ1) is 13.9. The Hall–Kier alpha value is -2.04. The van der Waals surface area contributed by atoms with Gasteiger partial charge in [-0.1, -0.05) is 24.6 Å². The lowest BCUT2D eigenvalue weighted by molar-refractivity contribution is -0.157. The molecule has 1 atom stereocenters. The molecule has 1 aromatic carbocycles. The highest BCUT2D eigenvalue weighted by molar-refractivity contribution is 5.85. The third-order valence-electron chi connectivity index (χ3n) is 4.56. The summed E-state index contributed by atoms with van der Waals surface area (Å²) in [5.41, 5.74) is 0.129. The van der Waals surface area contributed by atoms with Gasteiger partial charge in [0.1, 0.15) is 5.75 Å². The summed E-state index contributed by atoms with van der Waals surface area (Å²) in [4.78, 5) is 23.5. The fraction of sp³-hybridized carbons (Fsp3) is 0.500. The number of carbonyl (C=O) groups excluding carboxylic acids is 1. The number of benzene rings is 1. The Bertz CT molecular complexity index is 565. The number of aliphatic carboxylic acids is 1. The van der Waals surface area contributed by atoms with E-state index < -0.39 is 11.4 Å². The van der Waals surface area contributed by atoms with Crippen molar-refractivity contribution >= 4 is 11.9 Å². The second kappa shape index (κ2) is 5.39. The highest BCUT2D eigenvalue weighted by Crippen LogP contribution is 2.44. The lowest BCUT2D eigenvalue weighted by Gasteiger charge is -2.37. The minimum atomic E-state index is -0.851. The van der Waals surface area contributed by atoms with E-state index in [9.17, 15) is 14.7 Å². The zero-order chi connectivity index (χ0) is 14.9. The lowest BCUT2D eigenvalue weighted by atomic mass is 9.66. The normalized spacial score (nSPS) is 22.4. The number of amides is 1. The smallest absolute Gasteiger partial charge is 0.310 e. The van der Waals surface area contributed by atoms with Crippen molar-refractivity contribution in [3.8, 4) is 5.75 Å². The van der Waals surface area contributed by atoms with Crippen LogP contribution in [0, 0.1) is 5.41 Å². The van der Waals surface area contributed by atoms with Crippen LogP contribution >= 0.6 is 0 Å². The van der Waals surface area contributed by atoms with E-state index in [1.165, 1.54) is 0 Å². The van der Waals surface area contributed by atoms with Gasteiger partial charge in [0.25, 0.3) is 0 Å². The van der Waals surface area contributed by atoms with E-state index in [1.807, 2.05) is 24.3 Å². The van der Waals surface area contributed by atoms with Crippen molar-refractivity contribution in [2.45, 2.75) is 38.1 Å². The monoisotopic (exact) mass is 289 g/mol. The van der Waals surface area contributed by atoms with E-state index in [0.717, 1.165) is 17.7 Å². The summed E-state index contributed by atoms with van der Waals surface area (Å²) in [5.74, 6) is -0.235. The summed E-state index contributed by atoms with van der Waals surface area (Å²) >= 11 is 0. The largest absolute Gasteiger partial charge is 0.493 e. The Morgan fingerprint density at radius 1 is 1.33 bits per heavy atom. The minimum Gasteiger partial charge on any atom is -0.493 e. The van der Waals surface area contributed by atoms with Crippen LogP contribution in [0.4, 0.5) is 0 Å². The third-order valence-corrected chi connectivity index (χ3v) is 4.56. The highest BCUT2D eigenvalue weighted by Gasteiger charge is 2.46. The van der Waals surface area contributed by atoms with Crippen LogP contribution < -0.4 is 10.1 Å². The van der Waals surface area contributed by atoms with Crippen molar-refractivity contribution < 1.29 is 19.4 Å². The molecule has 1 aliphatic carbocycles. The van der Waals surface area contributed by atoms with Crippen molar-refractivity contribution in [1.82, 2.24) is 5.32 Å². The first-order valence-corrected chi connectivity index (χ1v) is 7.35. The highest BCUT2D eigenvalue weighted by atomic mass is 16.5. The fourth-order valence-corrected chi connectivity index (χ4v) is 3.11. The lowest BCUT2D eigenvalue weighted by Crippen LogP contribution is -2.43. The summed E-state index contributed by atoms with van der Waals surface area (Å²) in [6.45, 7) is 0.562. The van der Waals surface area contributed by atoms with Crippen LogP contribution in [0.15, 0.2) is 24.3 Å². The number of rotatable bonds is 4. The zero-order valence-electron chi connectivity index (χ0n) is 11.8. The molecular formula is C16H19NO4. The number of ether oxygens (including phenoxy) is 1. The van der Waals surface area contributed by atoms with E-state index in [0.29, 0.717) is 25.9 Å². The van der Waals surface area contributed by atoms with Crippen LogP contribution in [0.5, 0.6) is 5.75 Å². The summed E-state index contributed by atoms with van der Waals surface area (Å²) in [7, 11) is 0. The molecule has 5 nitrogen and oxygen atoms in total. The molecule has 1 amide bonds. The van der Waals surface area contributed by atoms with E-state index in [-0.39, 0.29) is 18.4 Å². The molecule has 21 heavy (non-hydrogen) atoms. The van der Waals surface area contributed by atoms with Gasteiger partial charge in [0.15, 0.2) is 0 Å². The first-order chi connectivity index (χ1) is 10.1. The molecule has 1 aliphatic heterocycles. The Kier molecular flexibility index (Phi) is 3.57. The number of hydrogen-bond acceptors (Lipinski definition) is 3. The number of nitrogens with one attached hydrogen (secondary N) is 1. The molecule has 0 bridgehead atoms. The van der Waals surface area contributed by atoms with Crippen LogP contribution in [0.3, 0.4) is 0 Å². The zero-order valence-corrected chi connectivity index (χ0v) is 11.8. The second-order valence-corrected chi connectivity index (χ2v) is 5.91. The van der Waals surface area contributed by atoms with Gasteiger partial charge in [0, 0.05) is 18.4 Å². The number of para-hydroxylation sites is 1. The first-order valence-electron chi connectivity index (χ1n) is 7.35. The van der Waals surface area contributed by atoms with Gasteiger partial charge in [0.2, 0.25) is 5.91 Å². The molecule has 0 radical (unpaired) electrons. The molecule has 5 heteroatoms. The summed E-state index contributed by atoms with van der Waals surface area (Å²) in [5, 5.41) is 12.3. The van der Waals surface area contributed by atoms with Crippen molar-refractivity contribution in [3.63, 3.8) is 0 Å². The van der Waals surface area contributed by atoms with Crippen molar-refractivity contribution in [3.05, 3.63) is 29.8 Å². The maximum Gasteiger partial charge on any atom is 0.310 e. The molecule has 0 spiro atoms. The molecule has 3 rings (SSSR count). The van der Waals surface area contributed by atoms with Crippen molar-refractivity contribution in [1.29, 1.82) is 0 Å². The molecule has 2 N–H and O–H groups in total. The topological polar surface area (TPSA) is 75.6 Å². The number of carboxylic acid groups (broad SMARTS) is 1. The molecule has 1 saturated carbocycles. The maximum absolute atomic E-state index is 12.2. The summed E-state index contributed by atoms with van der Waals surface area (Å²) < 4.78 is 5.56. The summed E-state index contributed by atoms with van der Waals surface area (Å²) in [6, 6.07) is 7.55. The molecule has 1 heterocycles. The van der Waals surface area contributed by atoms with Gasteiger partial charge in [-0.25, -0.2) is 0 Å². The van der Waals surface area contributed by atoms with E-state index >= 15 is 0 Å². The Morgan fingerprint density at radius 2 is 2.10 bits per heavy atom. The maximum atomic E-state index is 12.2. The molecule has 1 fully saturated rings. The SMILES string of the molecule is O=C(CC1(C(=O)O)CCC1)NC1CCOc2ccccc21. The van der Waals surface area contributed by atoms with Crippen LogP contribution in [-0.2, 0) is 9.59 Å². The molecule has 1 unspecified atom stereocenters. The summed E-state index contributed by atoms with van der Waals surface area (Å²) in [6.07, 6.45) is 2.87. The number of carboxylic acids is 1. The predicted molar refractivity (Wildman–Crippen MR) is 76.0 cm³/mol. The van der Waals surface area contributed by atoms with Crippen LogP contribution in [0.1, 0.15) is 43.7 Å². The van der Waals surface area contributed by atoms with Gasteiger partial charge in [-0.15, -0.1) is 0 Å². The quantitative estimate of drug-likeness (QED) is 0.891. The van der Waals surface area contributed by atoms with E-state index in [4.69, 9.17) is 4.74 Å². The van der Waals surface area contributed by atoms with Gasteiger partial charge in [0.05, 0.1) is 18.1 Å². The van der Waals surface area contributed by atoms with Crippen LogP contribution in [0.2, 0.25) is 0 Å². The molecule has 1 aromatic rings. The van der Waals surface area contributed by atoms with E-state index in [1.54, 1.807) is 0 Å². The molecule has 0 saturated heterocycles. The van der Waals surface area contributed by atoms with Gasteiger partial charge in [-0.2, -0.15) is 0 Å². The molecular weight excluding hydrogens is 270 g/mol. The van der Waals surface area contributed by atoms with Gasteiger partial charge in [-0.05, 0) is 18.9 Å². The van der Waals surface area contributed by atoms with Gasteiger partial charge >= 0.3 is 5.97 Å². The molecule has 0 aromatic heterocycles. The predicted octanol–water partition coefficient (Wildman–Crippen LogP) is 2.27. The van der Waals surface area contributed by atoms with Crippen molar-refractivity contribution in [2.75, 3.05) is 6.61 Å². The Balaban J connectivity index is 1.67. The number of fused-ring (bicyclic) bond motifs is 1. The Labute approximate surface area is 123 Å². The minimum absolute atomic E-state index is 0.0713. The number of hydrogen-bond donors (Lipinski definition) is 2. The molecule has 2 aliphatic rings. The standard InChI is InChI=1S/C16H19NO4/c18-14(10-16(15(19)20)7-3-8-16)17-12-6-9-21-13-5-2-1-4-11(12)13/h1-2,4-5,12H,3,6-10H2,(H,17,18)(H,19,20). The average molecular weight is 289 g/mol. The van der Waals surface area contributed by atoms with E-state index in [2.05, 4.69) is 5.32 Å². The number of carbonyl (C=O) groups is 2. The van der Waals surface area contributed by atoms with Gasteiger partial charge < -0.3 is 15.2 Å². The van der Waals surface area contributed by atoms with Crippen LogP contribution in [0.25, 0.3) is 0 Å². The van der Waals surface area contributed by atoms with Crippen LogP contribution in [-0.4, -0.2) is 23.6 Å². The Morgan fingerprint density at radius 3 is 2.76 bits per heavy atom. The molecule has 112 valence electrons. The average Bonchev–Trinajstić information content (AvgIpc) is 2.43. The third kappa shape index (κ3) is 2.60. The van der Waals surface area contributed by atoms with Gasteiger partial charge in [-0.3, -0.25) is 9.59 Å². The fourth-order valence-electron chi connectivity index (χ4n) is 3.11.